The maximum Gasteiger partial charge on any atom is 0.252 e. The van der Waals surface area contributed by atoms with Crippen molar-refractivity contribution in [3.8, 4) is 22.6 Å². The monoisotopic (exact) mass is 269 g/mol. The summed E-state index contributed by atoms with van der Waals surface area (Å²) in [7, 11) is 0. The number of carbonyl (C=O) groups is 1. The summed E-state index contributed by atoms with van der Waals surface area (Å²) in [6, 6.07) is 10.0. The van der Waals surface area contributed by atoms with Gasteiger partial charge in [-0.15, -0.1) is 0 Å². The highest BCUT2D eigenvalue weighted by Gasteiger charge is 2.29. The molecule has 1 amide bonds. The van der Waals surface area contributed by atoms with Crippen molar-refractivity contribution < 1.29 is 15.0 Å². The number of hydrogen-bond donors (Lipinski definition) is 3. The fourth-order valence-electron chi connectivity index (χ4n) is 2.47. The van der Waals surface area contributed by atoms with Gasteiger partial charge in [0.05, 0.1) is 5.56 Å². The Morgan fingerprint density at radius 3 is 2.25 bits per heavy atom. The van der Waals surface area contributed by atoms with Gasteiger partial charge in [0.15, 0.2) is 0 Å². The van der Waals surface area contributed by atoms with Crippen LogP contribution in [-0.4, -0.2) is 16.1 Å². The lowest BCUT2D eigenvalue weighted by Crippen LogP contribution is -2.11. The van der Waals surface area contributed by atoms with Gasteiger partial charge in [-0.1, -0.05) is 18.2 Å². The largest absolute Gasteiger partial charge is 0.508 e. The lowest BCUT2D eigenvalue weighted by molar-refractivity contribution is 0.0998. The number of hydrogen-bond acceptors (Lipinski definition) is 3. The first kappa shape index (κ1) is 12.5. The van der Waals surface area contributed by atoms with Crippen LogP contribution in [0.5, 0.6) is 11.5 Å². The van der Waals surface area contributed by atoms with Crippen molar-refractivity contribution in [2.24, 2.45) is 5.73 Å². The number of benzene rings is 2. The van der Waals surface area contributed by atoms with E-state index in [2.05, 4.69) is 0 Å². The molecule has 4 N–H and O–H groups in total. The number of phenolic OH excluding ortho intramolecular Hbond substituents is 1. The van der Waals surface area contributed by atoms with Crippen LogP contribution in [0.25, 0.3) is 11.1 Å². The van der Waals surface area contributed by atoms with Gasteiger partial charge in [-0.3, -0.25) is 4.79 Å². The van der Waals surface area contributed by atoms with E-state index in [9.17, 15) is 15.0 Å². The Balaban J connectivity index is 2.22. The molecule has 4 heteroatoms. The van der Waals surface area contributed by atoms with Crippen LogP contribution in [0, 0.1) is 0 Å². The zero-order chi connectivity index (χ0) is 14.3. The molecule has 1 saturated carbocycles. The van der Waals surface area contributed by atoms with Crippen molar-refractivity contribution >= 4 is 5.91 Å². The van der Waals surface area contributed by atoms with E-state index in [4.69, 9.17) is 5.73 Å². The molecule has 0 atom stereocenters. The van der Waals surface area contributed by atoms with Gasteiger partial charge in [-0.2, -0.15) is 0 Å². The van der Waals surface area contributed by atoms with Gasteiger partial charge in [-0.25, -0.2) is 0 Å². The highest BCUT2D eigenvalue weighted by molar-refractivity contribution is 5.98. The maximum absolute atomic E-state index is 11.4. The minimum Gasteiger partial charge on any atom is -0.508 e. The molecular formula is C16H15NO3. The molecule has 1 aliphatic rings. The average Bonchev–Trinajstić information content (AvgIpc) is 3.23. The number of primary amides is 1. The zero-order valence-electron chi connectivity index (χ0n) is 10.8. The van der Waals surface area contributed by atoms with E-state index >= 15 is 0 Å². The van der Waals surface area contributed by atoms with Gasteiger partial charge in [0, 0.05) is 5.56 Å². The number of carbonyl (C=O) groups excluding carboxylic acids is 1. The summed E-state index contributed by atoms with van der Waals surface area (Å²) in [6.07, 6.45) is 2.17. The van der Waals surface area contributed by atoms with Gasteiger partial charge >= 0.3 is 0 Å². The predicted molar refractivity (Wildman–Crippen MR) is 75.7 cm³/mol. The molecule has 2 aromatic rings. The Bertz CT molecular complexity index is 673. The van der Waals surface area contributed by atoms with Crippen molar-refractivity contribution in [1.82, 2.24) is 0 Å². The van der Waals surface area contributed by atoms with Crippen molar-refractivity contribution in [1.29, 1.82) is 0 Å². The normalized spacial score (nSPS) is 14.2. The lowest BCUT2D eigenvalue weighted by atomic mass is 9.93. The Morgan fingerprint density at radius 2 is 1.70 bits per heavy atom. The van der Waals surface area contributed by atoms with Crippen molar-refractivity contribution in [3.63, 3.8) is 0 Å². The molecule has 102 valence electrons. The SMILES string of the molecule is NC(=O)c1ccc(C2CC2)c(-c2ccc(O)cc2)c1O. The van der Waals surface area contributed by atoms with E-state index in [-0.39, 0.29) is 17.1 Å². The van der Waals surface area contributed by atoms with Crippen molar-refractivity contribution in [2.45, 2.75) is 18.8 Å². The number of amides is 1. The molecule has 1 fully saturated rings. The second-order valence-electron chi connectivity index (χ2n) is 5.11. The predicted octanol–water partition coefficient (Wildman–Crippen LogP) is 2.74. The third kappa shape index (κ3) is 2.09. The van der Waals surface area contributed by atoms with Crippen LogP contribution in [-0.2, 0) is 0 Å². The lowest BCUT2D eigenvalue weighted by Gasteiger charge is -2.14. The molecule has 0 aliphatic heterocycles. The molecule has 3 rings (SSSR count). The van der Waals surface area contributed by atoms with Gasteiger partial charge in [0.1, 0.15) is 11.5 Å². The quantitative estimate of drug-likeness (QED) is 0.801. The summed E-state index contributed by atoms with van der Waals surface area (Å²) < 4.78 is 0. The van der Waals surface area contributed by atoms with Gasteiger partial charge in [-0.05, 0) is 48.1 Å². The molecule has 0 heterocycles. The van der Waals surface area contributed by atoms with E-state index < -0.39 is 5.91 Å². The summed E-state index contributed by atoms with van der Waals surface area (Å²) in [5.74, 6) is -0.142. The second kappa shape index (κ2) is 4.56. The molecule has 0 bridgehead atoms. The number of rotatable bonds is 3. The number of phenols is 2. The Hall–Kier alpha value is -2.49. The molecule has 20 heavy (non-hydrogen) atoms. The summed E-state index contributed by atoms with van der Waals surface area (Å²) in [5, 5.41) is 19.7. The van der Waals surface area contributed by atoms with E-state index in [1.165, 1.54) is 0 Å². The van der Waals surface area contributed by atoms with Crippen LogP contribution in [0.4, 0.5) is 0 Å². The van der Waals surface area contributed by atoms with E-state index in [1.54, 1.807) is 30.3 Å². The summed E-state index contributed by atoms with van der Waals surface area (Å²) in [5.41, 5.74) is 7.85. The fourth-order valence-corrected chi connectivity index (χ4v) is 2.47. The smallest absolute Gasteiger partial charge is 0.252 e. The van der Waals surface area contributed by atoms with E-state index in [0.717, 1.165) is 24.0 Å². The fraction of sp³-hybridized carbons (Fsp3) is 0.188. The maximum atomic E-state index is 11.4. The number of aromatic hydroxyl groups is 2. The Labute approximate surface area is 116 Å². The van der Waals surface area contributed by atoms with Crippen LogP contribution in [0.3, 0.4) is 0 Å². The first-order chi connectivity index (χ1) is 9.58. The van der Waals surface area contributed by atoms with Crippen LogP contribution < -0.4 is 5.73 Å². The third-order valence-corrected chi connectivity index (χ3v) is 3.65. The van der Waals surface area contributed by atoms with Gasteiger partial charge < -0.3 is 15.9 Å². The van der Waals surface area contributed by atoms with Crippen LogP contribution in [0.15, 0.2) is 36.4 Å². The van der Waals surface area contributed by atoms with Gasteiger partial charge in [0.25, 0.3) is 5.91 Å². The highest BCUT2D eigenvalue weighted by atomic mass is 16.3. The Morgan fingerprint density at radius 1 is 1.05 bits per heavy atom. The molecule has 0 unspecified atom stereocenters. The summed E-state index contributed by atoms with van der Waals surface area (Å²) >= 11 is 0. The molecule has 0 radical (unpaired) electrons. The van der Waals surface area contributed by atoms with Crippen LogP contribution in [0.1, 0.15) is 34.7 Å². The minimum atomic E-state index is -0.648. The second-order valence-corrected chi connectivity index (χ2v) is 5.11. The minimum absolute atomic E-state index is 0.0763. The van der Waals surface area contributed by atoms with Crippen molar-refractivity contribution in [3.05, 3.63) is 47.5 Å². The first-order valence-electron chi connectivity index (χ1n) is 6.53. The van der Waals surface area contributed by atoms with Crippen LogP contribution in [0.2, 0.25) is 0 Å². The standard InChI is InChI=1S/C16H15NO3/c17-16(20)13-8-7-12(9-1-2-9)14(15(13)19)10-3-5-11(18)6-4-10/h3-9,18-19H,1-2H2,(H2,17,20). The summed E-state index contributed by atoms with van der Waals surface area (Å²) in [6.45, 7) is 0. The Kier molecular flexibility index (Phi) is 2.86. The number of nitrogens with two attached hydrogens (primary N) is 1. The van der Waals surface area contributed by atoms with Crippen molar-refractivity contribution in [2.75, 3.05) is 0 Å². The summed E-state index contributed by atoms with van der Waals surface area (Å²) in [4.78, 5) is 11.4. The van der Waals surface area contributed by atoms with E-state index in [0.29, 0.717) is 11.5 Å². The average molecular weight is 269 g/mol. The highest BCUT2D eigenvalue weighted by Crippen LogP contribution is 2.48. The van der Waals surface area contributed by atoms with Gasteiger partial charge in [0.2, 0.25) is 0 Å². The topological polar surface area (TPSA) is 83.6 Å². The molecular weight excluding hydrogens is 254 g/mol. The molecule has 4 nitrogen and oxygen atoms in total. The first-order valence-corrected chi connectivity index (χ1v) is 6.53. The van der Waals surface area contributed by atoms with E-state index in [1.807, 2.05) is 6.07 Å². The zero-order valence-corrected chi connectivity index (χ0v) is 10.8. The molecule has 2 aromatic carbocycles. The molecule has 0 aromatic heterocycles. The molecule has 0 saturated heterocycles. The molecule has 0 spiro atoms. The molecule has 1 aliphatic carbocycles. The van der Waals surface area contributed by atoms with Crippen LogP contribution >= 0.6 is 0 Å². The third-order valence-electron chi connectivity index (χ3n) is 3.65.